The standard InChI is InChI=1S/C22H29N3O3/c1-2-3-10-24-11-8-15(9-12-24)16-4-5-18-17(13-16)14-25(22(18)28)19-6-7-20(26)23-21(19)27/h4-5,13,15,19H,2-3,6-12,14H2,1H3,(H,23,26,27). The number of imide groups is 1. The van der Waals surface area contributed by atoms with Gasteiger partial charge in [0.2, 0.25) is 11.8 Å². The Balaban J connectivity index is 1.43. The van der Waals surface area contributed by atoms with E-state index in [0.717, 1.165) is 31.5 Å². The van der Waals surface area contributed by atoms with Gasteiger partial charge in [0.15, 0.2) is 0 Å². The van der Waals surface area contributed by atoms with Crippen LogP contribution in [0.25, 0.3) is 0 Å². The van der Waals surface area contributed by atoms with Crippen molar-refractivity contribution >= 4 is 17.7 Å². The zero-order valence-corrected chi connectivity index (χ0v) is 16.6. The third-order valence-corrected chi connectivity index (χ3v) is 6.43. The molecule has 0 aliphatic carbocycles. The number of benzene rings is 1. The molecule has 0 radical (unpaired) electrons. The van der Waals surface area contributed by atoms with Crippen molar-refractivity contribution in [2.24, 2.45) is 0 Å². The summed E-state index contributed by atoms with van der Waals surface area (Å²) < 4.78 is 0. The summed E-state index contributed by atoms with van der Waals surface area (Å²) in [6.07, 6.45) is 5.52. The number of carbonyl (C=O) groups is 3. The molecule has 1 atom stereocenters. The predicted octanol–water partition coefficient (Wildman–Crippen LogP) is 2.43. The van der Waals surface area contributed by atoms with Crippen LogP contribution in [0.1, 0.15) is 72.9 Å². The molecule has 2 saturated heterocycles. The van der Waals surface area contributed by atoms with E-state index in [1.165, 1.54) is 24.9 Å². The van der Waals surface area contributed by atoms with Gasteiger partial charge < -0.3 is 9.80 Å². The number of hydrogen-bond acceptors (Lipinski definition) is 4. The van der Waals surface area contributed by atoms with E-state index in [-0.39, 0.29) is 17.7 Å². The molecule has 3 aliphatic rings. The lowest BCUT2D eigenvalue weighted by Gasteiger charge is -2.32. The molecule has 150 valence electrons. The van der Waals surface area contributed by atoms with Gasteiger partial charge in [0.05, 0.1) is 0 Å². The first-order chi connectivity index (χ1) is 13.6. The van der Waals surface area contributed by atoms with Crippen molar-refractivity contribution in [1.82, 2.24) is 15.1 Å². The maximum atomic E-state index is 12.8. The summed E-state index contributed by atoms with van der Waals surface area (Å²) >= 11 is 0. The highest BCUT2D eigenvalue weighted by molar-refractivity contribution is 6.05. The van der Waals surface area contributed by atoms with Gasteiger partial charge in [0.25, 0.3) is 5.91 Å². The molecule has 0 aromatic heterocycles. The van der Waals surface area contributed by atoms with Crippen molar-refractivity contribution in [2.75, 3.05) is 19.6 Å². The summed E-state index contributed by atoms with van der Waals surface area (Å²) in [6.45, 7) is 6.18. The second-order valence-corrected chi connectivity index (χ2v) is 8.29. The fourth-order valence-electron chi connectivity index (χ4n) is 4.72. The lowest BCUT2D eigenvalue weighted by molar-refractivity contribution is -0.136. The fraction of sp³-hybridized carbons (Fsp3) is 0.591. The summed E-state index contributed by atoms with van der Waals surface area (Å²) in [4.78, 5) is 40.6. The van der Waals surface area contributed by atoms with Crippen LogP contribution in [-0.4, -0.2) is 53.2 Å². The van der Waals surface area contributed by atoms with Crippen LogP contribution < -0.4 is 5.32 Å². The van der Waals surface area contributed by atoms with Crippen LogP contribution in [0.4, 0.5) is 0 Å². The topological polar surface area (TPSA) is 69.7 Å². The average molecular weight is 383 g/mol. The Kier molecular flexibility index (Phi) is 5.49. The van der Waals surface area contributed by atoms with E-state index < -0.39 is 6.04 Å². The Labute approximate surface area is 166 Å². The number of carbonyl (C=O) groups excluding carboxylic acids is 3. The molecule has 1 N–H and O–H groups in total. The second-order valence-electron chi connectivity index (χ2n) is 8.29. The van der Waals surface area contributed by atoms with Crippen LogP contribution in [-0.2, 0) is 16.1 Å². The molecule has 1 aromatic carbocycles. The minimum absolute atomic E-state index is 0.0922. The molecule has 3 heterocycles. The number of unbranched alkanes of at least 4 members (excludes halogenated alkanes) is 1. The van der Waals surface area contributed by atoms with E-state index in [1.807, 2.05) is 6.07 Å². The van der Waals surface area contributed by atoms with E-state index in [1.54, 1.807) is 4.90 Å². The van der Waals surface area contributed by atoms with Crippen molar-refractivity contribution < 1.29 is 14.4 Å². The van der Waals surface area contributed by atoms with Crippen LogP contribution >= 0.6 is 0 Å². The van der Waals surface area contributed by atoms with E-state index in [0.29, 0.717) is 30.9 Å². The summed E-state index contributed by atoms with van der Waals surface area (Å²) in [7, 11) is 0. The smallest absolute Gasteiger partial charge is 0.255 e. The third-order valence-electron chi connectivity index (χ3n) is 6.43. The SMILES string of the molecule is CCCCN1CCC(c2ccc3c(c2)CN(C2CCC(=O)NC2=O)C3=O)CC1. The van der Waals surface area contributed by atoms with Gasteiger partial charge in [-0.15, -0.1) is 0 Å². The number of likely N-dealkylation sites (tertiary alicyclic amines) is 1. The molecule has 0 spiro atoms. The highest BCUT2D eigenvalue weighted by Crippen LogP contribution is 2.33. The van der Waals surface area contributed by atoms with Gasteiger partial charge in [-0.25, -0.2) is 0 Å². The summed E-state index contributed by atoms with van der Waals surface area (Å²) in [5.74, 6) is -0.150. The monoisotopic (exact) mass is 383 g/mol. The molecule has 1 aromatic rings. The van der Waals surface area contributed by atoms with Gasteiger partial charge in [-0.05, 0) is 68.4 Å². The van der Waals surface area contributed by atoms with E-state index >= 15 is 0 Å². The van der Waals surface area contributed by atoms with Gasteiger partial charge >= 0.3 is 0 Å². The van der Waals surface area contributed by atoms with Gasteiger partial charge in [-0.1, -0.05) is 25.5 Å². The molecular formula is C22H29N3O3. The summed E-state index contributed by atoms with van der Waals surface area (Å²) in [6, 6.07) is 5.66. The highest BCUT2D eigenvalue weighted by atomic mass is 16.2. The van der Waals surface area contributed by atoms with Crippen LogP contribution in [0.5, 0.6) is 0 Å². The molecule has 3 aliphatic heterocycles. The Morgan fingerprint density at radius 2 is 1.89 bits per heavy atom. The zero-order valence-electron chi connectivity index (χ0n) is 16.6. The molecular weight excluding hydrogens is 354 g/mol. The van der Waals surface area contributed by atoms with Gasteiger partial charge in [-0.3, -0.25) is 19.7 Å². The summed E-state index contributed by atoms with van der Waals surface area (Å²) in [5, 5.41) is 2.36. The quantitative estimate of drug-likeness (QED) is 0.793. The minimum Gasteiger partial charge on any atom is -0.322 e. The lowest BCUT2D eigenvalue weighted by Crippen LogP contribution is -2.52. The van der Waals surface area contributed by atoms with Gasteiger partial charge in [-0.2, -0.15) is 0 Å². The Bertz CT molecular complexity index is 783. The van der Waals surface area contributed by atoms with E-state index in [4.69, 9.17) is 0 Å². The normalized spacial score (nSPS) is 23.8. The Morgan fingerprint density at radius 3 is 2.61 bits per heavy atom. The number of amides is 3. The van der Waals surface area contributed by atoms with Crippen molar-refractivity contribution in [3.8, 4) is 0 Å². The van der Waals surface area contributed by atoms with Crippen LogP contribution in [0.3, 0.4) is 0 Å². The van der Waals surface area contributed by atoms with E-state index in [2.05, 4.69) is 29.3 Å². The number of hydrogen-bond donors (Lipinski definition) is 1. The first kappa shape index (κ1) is 19.1. The van der Waals surface area contributed by atoms with Crippen LogP contribution in [0.2, 0.25) is 0 Å². The molecule has 6 heteroatoms. The van der Waals surface area contributed by atoms with Crippen molar-refractivity contribution in [3.05, 3.63) is 34.9 Å². The first-order valence-corrected chi connectivity index (χ1v) is 10.6. The third kappa shape index (κ3) is 3.70. The predicted molar refractivity (Wildman–Crippen MR) is 106 cm³/mol. The van der Waals surface area contributed by atoms with Gasteiger partial charge in [0, 0.05) is 18.5 Å². The number of nitrogens with one attached hydrogen (secondary N) is 1. The van der Waals surface area contributed by atoms with Crippen LogP contribution in [0, 0.1) is 0 Å². The Morgan fingerprint density at radius 1 is 1.11 bits per heavy atom. The lowest BCUT2D eigenvalue weighted by atomic mass is 9.88. The number of fused-ring (bicyclic) bond motifs is 1. The molecule has 1 unspecified atom stereocenters. The molecule has 3 amide bonds. The molecule has 0 saturated carbocycles. The summed E-state index contributed by atoms with van der Waals surface area (Å²) in [5.41, 5.74) is 3.03. The average Bonchev–Trinajstić information content (AvgIpc) is 3.02. The molecule has 4 rings (SSSR count). The zero-order chi connectivity index (χ0) is 19.7. The number of nitrogens with zero attached hydrogens (tertiary/aromatic N) is 2. The molecule has 28 heavy (non-hydrogen) atoms. The highest BCUT2D eigenvalue weighted by Gasteiger charge is 2.39. The van der Waals surface area contributed by atoms with Crippen molar-refractivity contribution in [3.63, 3.8) is 0 Å². The number of rotatable bonds is 5. The van der Waals surface area contributed by atoms with Crippen molar-refractivity contribution in [2.45, 2.75) is 64.0 Å². The van der Waals surface area contributed by atoms with Crippen LogP contribution in [0.15, 0.2) is 18.2 Å². The second kappa shape index (κ2) is 8.03. The minimum atomic E-state index is -0.539. The van der Waals surface area contributed by atoms with Gasteiger partial charge in [0.1, 0.15) is 6.04 Å². The number of piperidine rings is 2. The fourth-order valence-corrected chi connectivity index (χ4v) is 4.72. The largest absolute Gasteiger partial charge is 0.322 e. The molecule has 0 bridgehead atoms. The molecule has 6 nitrogen and oxygen atoms in total. The van der Waals surface area contributed by atoms with E-state index in [9.17, 15) is 14.4 Å². The maximum absolute atomic E-state index is 12.8. The first-order valence-electron chi connectivity index (χ1n) is 10.6. The molecule has 2 fully saturated rings. The Hall–Kier alpha value is -2.21. The maximum Gasteiger partial charge on any atom is 0.255 e. The van der Waals surface area contributed by atoms with Crippen molar-refractivity contribution in [1.29, 1.82) is 0 Å².